The Bertz CT molecular complexity index is 787. The van der Waals surface area contributed by atoms with E-state index in [1.807, 2.05) is 6.92 Å². The van der Waals surface area contributed by atoms with E-state index in [4.69, 9.17) is 0 Å². The topological polar surface area (TPSA) is 102 Å². The van der Waals surface area contributed by atoms with Gasteiger partial charge in [0, 0.05) is 5.39 Å². The second-order valence-electron chi connectivity index (χ2n) is 3.93. The number of hydrogen-bond acceptors (Lipinski definition) is 6. The van der Waals surface area contributed by atoms with Gasteiger partial charge in [0.05, 0.1) is 4.90 Å². The average Bonchev–Trinajstić information content (AvgIpc) is 2.31. The van der Waals surface area contributed by atoms with E-state index in [2.05, 4.69) is 25.4 Å². The molecule has 2 rings (SSSR count). The van der Waals surface area contributed by atoms with Crippen molar-refractivity contribution < 1.29 is 18.1 Å². The summed E-state index contributed by atoms with van der Waals surface area (Å²) in [6.45, 7) is 1.81. The number of aromatic hydroxyl groups is 1. The SMILES string of the molecule is Cc1ccc2c(O)c(N=NBr)c(S(=O)(=O)[O-])cc2c1. The van der Waals surface area contributed by atoms with Crippen molar-refractivity contribution in [3.05, 3.63) is 29.8 Å². The van der Waals surface area contributed by atoms with Gasteiger partial charge >= 0.3 is 0 Å². The minimum Gasteiger partial charge on any atom is -0.744 e. The third kappa shape index (κ3) is 2.60. The highest BCUT2D eigenvalue weighted by molar-refractivity contribution is 9.08. The molecule has 0 bridgehead atoms. The van der Waals surface area contributed by atoms with Gasteiger partial charge in [0.2, 0.25) is 0 Å². The second kappa shape index (κ2) is 4.87. The third-order valence-electron chi connectivity index (χ3n) is 2.61. The number of fused-ring (bicyclic) bond motifs is 1. The maximum Gasteiger partial charge on any atom is 0.152 e. The zero-order valence-electron chi connectivity index (χ0n) is 9.66. The monoisotopic (exact) mass is 343 g/mol. The highest BCUT2D eigenvalue weighted by Crippen LogP contribution is 2.41. The molecule has 1 N–H and O–H groups in total. The van der Waals surface area contributed by atoms with Crippen molar-refractivity contribution in [1.82, 2.24) is 0 Å². The van der Waals surface area contributed by atoms with Crippen molar-refractivity contribution in [1.29, 1.82) is 0 Å². The molecule has 0 atom stereocenters. The molecule has 6 nitrogen and oxygen atoms in total. The van der Waals surface area contributed by atoms with Gasteiger partial charge in [-0.3, -0.25) is 0 Å². The van der Waals surface area contributed by atoms with E-state index in [0.717, 1.165) is 5.56 Å². The van der Waals surface area contributed by atoms with Crippen LogP contribution in [0.15, 0.2) is 38.4 Å². The van der Waals surface area contributed by atoms with Crippen molar-refractivity contribution in [2.24, 2.45) is 9.25 Å². The highest BCUT2D eigenvalue weighted by Gasteiger charge is 2.17. The summed E-state index contributed by atoms with van der Waals surface area (Å²) in [5, 5.41) is 14.3. The molecule has 0 saturated heterocycles. The largest absolute Gasteiger partial charge is 0.744 e. The van der Waals surface area contributed by atoms with Gasteiger partial charge in [0.15, 0.2) is 5.75 Å². The fraction of sp³-hybridized carbons (Fsp3) is 0.0909. The summed E-state index contributed by atoms with van der Waals surface area (Å²) in [5.41, 5.74) is 0.499. The Labute approximate surface area is 117 Å². The van der Waals surface area contributed by atoms with Crippen LogP contribution in [0.4, 0.5) is 5.69 Å². The van der Waals surface area contributed by atoms with Crippen LogP contribution in [0.25, 0.3) is 10.8 Å². The van der Waals surface area contributed by atoms with Crippen LogP contribution in [0.2, 0.25) is 0 Å². The Morgan fingerprint density at radius 3 is 2.58 bits per heavy atom. The van der Waals surface area contributed by atoms with Crippen LogP contribution in [-0.4, -0.2) is 18.1 Å². The molecule has 0 saturated carbocycles. The van der Waals surface area contributed by atoms with Crippen LogP contribution in [0.1, 0.15) is 5.56 Å². The lowest BCUT2D eigenvalue weighted by molar-refractivity contribution is 0.459. The predicted molar refractivity (Wildman–Crippen MR) is 71.8 cm³/mol. The quantitative estimate of drug-likeness (QED) is 0.668. The van der Waals surface area contributed by atoms with Gasteiger partial charge in [-0.05, 0) is 18.4 Å². The van der Waals surface area contributed by atoms with E-state index >= 15 is 0 Å². The number of phenols is 1. The Morgan fingerprint density at radius 1 is 1.32 bits per heavy atom. The summed E-state index contributed by atoms with van der Waals surface area (Å²) in [7, 11) is -4.77. The standard InChI is InChI=1S/C11H9BrN2O4S/c1-6-2-3-8-7(4-6)5-9(19(16,17)18)10(11(8)15)13-14-12/h2-5,15H,1H3,(H,16,17,18)/p-1. The van der Waals surface area contributed by atoms with Crippen molar-refractivity contribution in [2.75, 3.05) is 0 Å². The zero-order chi connectivity index (χ0) is 14.2. The first-order valence-corrected chi connectivity index (χ1v) is 7.20. The van der Waals surface area contributed by atoms with Crippen LogP contribution in [0, 0.1) is 6.92 Å². The normalized spacial score (nSPS) is 12.4. The molecule has 0 amide bonds. The minimum atomic E-state index is -4.77. The van der Waals surface area contributed by atoms with E-state index in [1.54, 1.807) is 18.2 Å². The number of phenolic OH excluding ortho intramolecular Hbond substituents is 1. The van der Waals surface area contributed by atoms with Crippen LogP contribution < -0.4 is 0 Å². The zero-order valence-corrected chi connectivity index (χ0v) is 12.1. The van der Waals surface area contributed by atoms with Gasteiger partial charge in [-0.15, -0.1) is 9.25 Å². The Hall–Kier alpha value is -1.51. The summed E-state index contributed by atoms with van der Waals surface area (Å²) >= 11 is 2.65. The molecule has 0 unspecified atom stereocenters. The van der Waals surface area contributed by atoms with Gasteiger partial charge in [-0.2, -0.15) is 0 Å². The maximum absolute atomic E-state index is 11.2. The highest BCUT2D eigenvalue weighted by atomic mass is 79.9. The Kier molecular flexibility index (Phi) is 3.57. The molecule has 0 aliphatic rings. The van der Waals surface area contributed by atoms with E-state index in [0.29, 0.717) is 10.8 Å². The van der Waals surface area contributed by atoms with E-state index in [-0.39, 0.29) is 5.69 Å². The molecule has 100 valence electrons. The molecule has 0 aliphatic carbocycles. The van der Waals surface area contributed by atoms with Gasteiger partial charge in [-0.25, -0.2) is 8.42 Å². The second-order valence-corrected chi connectivity index (χ2v) is 5.59. The fourth-order valence-electron chi connectivity index (χ4n) is 1.80. The van der Waals surface area contributed by atoms with Gasteiger partial charge in [-0.1, -0.05) is 23.8 Å². The number of hydrogen-bond donors (Lipinski definition) is 1. The maximum atomic E-state index is 11.2. The fourth-order valence-corrected chi connectivity index (χ4v) is 2.60. The minimum absolute atomic E-state index is 0.372. The van der Waals surface area contributed by atoms with Crippen molar-refractivity contribution in [2.45, 2.75) is 11.8 Å². The summed E-state index contributed by atoms with van der Waals surface area (Å²) in [6.07, 6.45) is 0. The van der Waals surface area contributed by atoms with E-state index in [9.17, 15) is 18.1 Å². The first-order chi connectivity index (χ1) is 8.84. The van der Waals surface area contributed by atoms with Crippen LogP contribution in [-0.2, 0) is 10.1 Å². The number of rotatable bonds is 2. The average molecular weight is 344 g/mol. The molecule has 0 aliphatic heterocycles. The van der Waals surface area contributed by atoms with E-state index in [1.165, 1.54) is 6.07 Å². The molecular weight excluding hydrogens is 336 g/mol. The van der Waals surface area contributed by atoms with Gasteiger partial charge < -0.3 is 9.66 Å². The first kappa shape index (κ1) is 13.9. The van der Waals surface area contributed by atoms with Crippen molar-refractivity contribution in [3.8, 4) is 5.75 Å². The van der Waals surface area contributed by atoms with Crippen LogP contribution in [0.3, 0.4) is 0 Å². The first-order valence-electron chi connectivity index (χ1n) is 5.09. The number of halogens is 1. The molecule has 0 heterocycles. The molecule has 0 radical (unpaired) electrons. The van der Waals surface area contributed by atoms with Crippen LogP contribution in [0.5, 0.6) is 5.75 Å². The molecule has 2 aromatic rings. The Morgan fingerprint density at radius 2 is 2.00 bits per heavy atom. The number of nitrogens with zero attached hydrogens (tertiary/aromatic N) is 2. The molecule has 0 aromatic heterocycles. The lowest BCUT2D eigenvalue weighted by Crippen LogP contribution is -1.99. The molecule has 8 heteroatoms. The summed E-state index contributed by atoms with van der Waals surface area (Å²) in [4.78, 5) is -0.605. The summed E-state index contributed by atoms with van der Waals surface area (Å²) < 4.78 is 36.9. The molecular formula is C11H8BrN2O4S-. The third-order valence-corrected chi connectivity index (χ3v) is 3.62. The smallest absolute Gasteiger partial charge is 0.152 e. The molecule has 19 heavy (non-hydrogen) atoms. The summed E-state index contributed by atoms with van der Waals surface area (Å²) in [5.74, 6) is -0.393. The lowest BCUT2D eigenvalue weighted by Gasteiger charge is -2.13. The molecule has 2 aromatic carbocycles. The summed E-state index contributed by atoms with van der Waals surface area (Å²) in [6, 6.07) is 6.22. The van der Waals surface area contributed by atoms with Crippen molar-refractivity contribution in [3.63, 3.8) is 0 Å². The van der Waals surface area contributed by atoms with Gasteiger partial charge in [0.1, 0.15) is 32.0 Å². The van der Waals surface area contributed by atoms with Crippen LogP contribution >= 0.6 is 16.1 Å². The molecule has 0 fully saturated rings. The van der Waals surface area contributed by atoms with Crippen molar-refractivity contribution >= 4 is 42.7 Å². The number of aryl methyl sites for hydroxylation is 1. The predicted octanol–water partition coefficient (Wildman–Crippen LogP) is 3.15. The van der Waals surface area contributed by atoms with E-state index < -0.39 is 20.8 Å². The molecule has 0 spiro atoms. The lowest BCUT2D eigenvalue weighted by atomic mass is 10.1. The van der Waals surface area contributed by atoms with Gasteiger partial charge in [0.25, 0.3) is 0 Å². The number of benzene rings is 2. The Balaban J connectivity index is 2.98.